The van der Waals surface area contributed by atoms with Crippen molar-refractivity contribution in [1.29, 1.82) is 0 Å². The zero-order valence-corrected chi connectivity index (χ0v) is 10.6. The number of morpholine rings is 1. The van der Waals surface area contributed by atoms with Gasteiger partial charge < -0.3 is 15.0 Å². The Balaban J connectivity index is 1.69. The monoisotopic (exact) mass is 252 g/mol. The van der Waals surface area contributed by atoms with E-state index in [1.165, 1.54) is 12.8 Å². The van der Waals surface area contributed by atoms with Crippen LogP contribution in [0.2, 0.25) is 0 Å². The highest BCUT2D eigenvalue weighted by Crippen LogP contribution is 2.29. The van der Waals surface area contributed by atoms with E-state index in [0.717, 1.165) is 12.8 Å². The Morgan fingerprint density at radius 3 is 2.89 bits per heavy atom. The van der Waals surface area contributed by atoms with Gasteiger partial charge in [0.25, 0.3) is 0 Å². The molecule has 0 spiro atoms. The largest absolute Gasteiger partial charge is 0.374 e. The second kappa shape index (κ2) is 4.88. The topological polar surface area (TPSA) is 58.6 Å². The van der Waals surface area contributed by atoms with E-state index in [1.807, 2.05) is 4.90 Å². The Morgan fingerprint density at radius 2 is 2.11 bits per heavy atom. The van der Waals surface area contributed by atoms with Crippen molar-refractivity contribution in [2.45, 2.75) is 56.7 Å². The fourth-order valence-electron chi connectivity index (χ4n) is 3.37. The van der Waals surface area contributed by atoms with E-state index in [9.17, 15) is 9.59 Å². The second-order valence-corrected chi connectivity index (χ2v) is 5.45. The van der Waals surface area contributed by atoms with Gasteiger partial charge in [0.2, 0.25) is 11.8 Å². The molecule has 0 unspecified atom stereocenters. The quantitative estimate of drug-likeness (QED) is 0.736. The normalized spacial score (nSPS) is 36.1. The Bertz CT molecular complexity index is 356. The fourth-order valence-corrected chi connectivity index (χ4v) is 3.37. The Kier molecular flexibility index (Phi) is 3.24. The third-order valence-electron chi connectivity index (χ3n) is 4.31. The van der Waals surface area contributed by atoms with Crippen molar-refractivity contribution in [2.75, 3.05) is 13.2 Å². The van der Waals surface area contributed by atoms with Crippen LogP contribution in [0, 0.1) is 0 Å². The minimum Gasteiger partial charge on any atom is -0.374 e. The average Bonchev–Trinajstić information content (AvgIpc) is 2.84. The Hall–Kier alpha value is -1.10. The number of fused-ring (bicyclic) bond motifs is 1. The highest BCUT2D eigenvalue weighted by molar-refractivity contribution is 5.91. The molecule has 2 heterocycles. The van der Waals surface area contributed by atoms with Crippen LogP contribution < -0.4 is 5.32 Å². The summed E-state index contributed by atoms with van der Waals surface area (Å²) in [4.78, 5) is 25.6. The van der Waals surface area contributed by atoms with Crippen LogP contribution >= 0.6 is 0 Å². The third-order valence-corrected chi connectivity index (χ3v) is 4.31. The molecule has 3 rings (SSSR count). The van der Waals surface area contributed by atoms with Gasteiger partial charge in [0.15, 0.2) is 0 Å². The summed E-state index contributed by atoms with van der Waals surface area (Å²) in [6.07, 6.45) is 5.81. The van der Waals surface area contributed by atoms with Crippen LogP contribution in [-0.4, -0.2) is 48.1 Å². The van der Waals surface area contributed by atoms with Crippen LogP contribution in [0.25, 0.3) is 0 Å². The van der Waals surface area contributed by atoms with Gasteiger partial charge in [-0.15, -0.1) is 0 Å². The van der Waals surface area contributed by atoms with Crippen LogP contribution in [-0.2, 0) is 14.3 Å². The van der Waals surface area contributed by atoms with Gasteiger partial charge in [-0.1, -0.05) is 12.8 Å². The van der Waals surface area contributed by atoms with Crippen molar-refractivity contribution >= 4 is 11.8 Å². The molecule has 0 radical (unpaired) electrons. The second-order valence-electron chi connectivity index (χ2n) is 5.45. The van der Waals surface area contributed by atoms with Crippen molar-refractivity contribution in [2.24, 2.45) is 0 Å². The van der Waals surface area contributed by atoms with E-state index in [2.05, 4.69) is 5.32 Å². The summed E-state index contributed by atoms with van der Waals surface area (Å²) in [5.41, 5.74) is 0. The molecule has 2 aliphatic heterocycles. The lowest BCUT2D eigenvalue weighted by Crippen LogP contribution is -2.58. The van der Waals surface area contributed by atoms with Crippen molar-refractivity contribution in [3.63, 3.8) is 0 Å². The summed E-state index contributed by atoms with van der Waals surface area (Å²) in [7, 11) is 0. The predicted octanol–water partition coefficient (Wildman–Crippen LogP) is 0.435. The highest BCUT2D eigenvalue weighted by atomic mass is 16.5. The van der Waals surface area contributed by atoms with E-state index in [0.29, 0.717) is 26.0 Å². The Morgan fingerprint density at radius 1 is 1.28 bits per heavy atom. The average molecular weight is 252 g/mol. The number of hydrogen-bond donors (Lipinski definition) is 1. The molecular formula is C13H20N2O3. The van der Waals surface area contributed by atoms with Crippen molar-refractivity contribution < 1.29 is 14.3 Å². The molecule has 3 fully saturated rings. The van der Waals surface area contributed by atoms with Gasteiger partial charge in [-0.3, -0.25) is 9.59 Å². The van der Waals surface area contributed by atoms with Gasteiger partial charge in [0, 0.05) is 13.0 Å². The number of rotatable bonds is 1. The molecule has 2 amide bonds. The summed E-state index contributed by atoms with van der Waals surface area (Å²) in [6.45, 7) is 1.31. The lowest BCUT2D eigenvalue weighted by atomic mass is 9.89. The molecule has 18 heavy (non-hydrogen) atoms. The smallest absolute Gasteiger partial charge is 0.245 e. The van der Waals surface area contributed by atoms with Gasteiger partial charge >= 0.3 is 0 Å². The van der Waals surface area contributed by atoms with Crippen LogP contribution in [0.5, 0.6) is 0 Å². The molecule has 1 saturated carbocycles. The number of carbonyl (C=O) groups excluding carboxylic acids is 2. The molecule has 3 aliphatic rings. The van der Waals surface area contributed by atoms with Gasteiger partial charge in [0.1, 0.15) is 6.04 Å². The molecule has 0 bridgehead atoms. The number of amides is 2. The summed E-state index contributed by atoms with van der Waals surface area (Å²) < 4.78 is 5.76. The maximum Gasteiger partial charge on any atom is 0.245 e. The molecule has 100 valence electrons. The zero-order chi connectivity index (χ0) is 12.5. The van der Waals surface area contributed by atoms with Gasteiger partial charge in [-0.2, -0.15) is 0 Å². The third kappa shape index (κ3) is 2.11. The van der Waals surface area contributed by atoms with E-state index in [-0.39, 0.29) is 30.0 Å². The van der Waals surface area contributed by atoms with E-state index in [4.69, 9.17) is 4.74 Å². The highest BCUT2D eigenvalue weighted by Gasteiger charge is 2.40. The molecule has 0 aromatic rings. The molecule has 1 aliphatic carbocycles. The fraction of sp³-hybridized carbons (Fsp3) is 0.846. The molecule has 1 N–H and O–H groups in total. The van der Waals surface area contributed by atoms with E-state index >= 15 is 0 Å². The molecule has 5 nitrogen and oxygen atoms in total. The molecule has 0 aromatic carbocycles. The Labute approximate surface area is 107 Å². The standard InChI is InChI=1S/C13H20N2O3/c16-12-6-5-9(14-12)13(17)15-7-8-18-11-4-2-1-3-10(11)15/h9-11H,1-8H2,(H,14,16)/t9-,10+,11+/m1/s1. The number of nitrogens with one attached hydrogen (secondary N) is 1. The van der Waals surface area contributed by atoms with Crippen molar-refractivity contribution in [1.82, 2.24) is 10.2 Å². The zero-order valence-electron chi connectivity index (χ0n) is 10.6. The first-order valence-corrected chi connectivity index (χ1v) is 6.97. The maximum atomic E-state index is 12.5. The van der Waals surface area contributed by atoms with Crippen LogP contribution in [0.4, 0.5) is 0 Å². The van der Waals surface area contributed by atoms with Crippen molar-refractivity contribution in [3.8, 4) is 0 Å². The van der Waals surface area contributed by atoms with Crippen LogP contribution in [0.15, 0.2) is 0 Å². The summed E-state index contributed by atoms with van der Waals surface area (Å²) in [5.74, 6) is 0.0999. The summed E-state index contributed by atoms with van der Waals surface area (Å²) >= 11 is 0. The number of ether oxygens (including phenoxy) is 1. The van der Waals surface area contributed by atoms with Crippen LogP contribution in [0.1, 0.15) is 38.5 Å². The minimum absolute atomic E-state index is 0.00167. The lowest BCUT2D eigenvalue weighted by Gasteiger charge is -2.44. The van der Waals surface area contributed by atoms with Gasteiger partial charge in [-0.25, -0.2) is 0 Å². The van der Waals surface area contributed by atoms with Gasteiger partial charge in [0.05, 0.1) is 18.8 Å². The molecule has 2 saturated heterocycles. The summed E-state index contributed by atoms with van der Waals surface area (Å²) in [6, 6.07) is -0.0596. The maximum absolute atomic E-state index is 12.5. The number of nitrogens with zero attached hydrogens (tertiary/aromatic N) is 1. The van der Waals surface area contributed by atoms with Crippen LogP contribution in [0.3, 0.4) is 0 Å². The predicted molar refractivity (Wildman–Crippen MR) is 64.9 cm³/mol. The number of hydrogen-bond acceptors (Lipinski definition) is 3. The molecule has 3 atom stereocenters. The summed E-state index contributed by atoms with van der Waals surface area (Å²) in [5, 5.41) is 2.78. The molecule has 5 heteroatoms. The van der Waals surface area contributed by atoms with E-state index in [1.54, 1.807) is 0 Å². The SMILES string of the molecule is O=C1CC[C@H](C(=O)N2CCO[C@H]3CCCC[C@@H]32)N1. The first kappa shape index (κ1) is 12.0. The van der Waals surface area contributed by atoms with Gasteiger partial charge in [-0.05, 0) is 19.3 Å². The number of carbonyl (C=O) groups is 2. The minimum atomic E-state index is -0.293. The first-order chi connectivity index (χ1) is 8.75. The first-order valence-electron chi connectivity index (χ1n) is 6.97. The molecular weight excluding hydrogens is 232 g/mol. The molecule has 0 aromatic heterocycles. The van der Waals surface area contributed by atoms with E-state index < -0.39 is 0 Å². The lowest BCUT2D eigenvalue weighted by molar-refractivity contribution is -0.151. The van der Waals surface area contributed by atoms with Crippen molar-refractivity contribution in [3.05, 3.63) is 0 Å².